The molecule has 0 saturated carbocycles. The van der Waals surface area contributed by atoms with Gasteiger partial charge in [-0.05, 0) is 31.2 Å². The molecule has 0 radical (unpaired) electrons. The average Bonchev–Trinajstić information content (AvgIpc) is 3.27. The summed E-state index contributed by atoms with van der Waals surface area (Å²) in [5.41, 5.74) is 5.75. The molecule has 0 bridgehead atoms. The van der Waals surface area contributed by atoms with Crippen molar-refractivity contribution in [2.24, 2.45) is 0 Å². The molecule has 1 unspecified atom stereocenters. The van der Waals surface area contributed by atoms with Gasteiger partial charge in [-0.2, -0.15) is 10.1 Å². The van der Waals surface area contributed by atoms with Crippen LogP contribution in [0.15, 0.2) is 48.9 Å². The number of rotatable bonds is 3. The number of nitrogen functional groups attached to an aromatic ring is 1. The van der Waals surface area contributed by atoms with E-state index in [0.717, 1.165) is 0 Å². The number of amides is 1. The van der Waals surface area contributed by atoms with E-state index in [0.29, 0.717) is 54.3 Å². The Labute approximate surface area is 200 Å². The second-order valence-electron chi connectivity index (χ2n) is 8.06. The van der Waals surface area contributed by atoms with E-state index in [1.807, 2.05) is 0 Å². The highest BCUT2D eigenvalue weighted by Crippen LogP contribution is 2.25. The average molecular weight is 470 g/mol. The van der Waals surface area contributed by atoms with E-state index in [4.69, 9.17) is 10.5 Å². The van der Waals surface area contributed by atoms with Crippen molar-refractivity contribution in [1.29, 1.82) is 0 Å². The number of aromatic nitrogens is 6. The van der Waals surface area contributed by atoms with Gasteiger partial charge < -0.3 is 20.5 Å². The van der Waals surface area contributed by atoms with Gasteiger partial charge in [-0.15, -0.1) is 0 Å². The molecule has 35 heavy (non-hydrogen) atoms. The molecule has 176 valence electrons. The van der Waals surface area contributed by atoms with Gasteiger partial charge in [0.25, 0.3) is 5.91 Å². The Morgan fingerprint density at radius 2 is 1.91 bits per heavy atom. The molecule has 1 aliphatic rings. The second-order valence-corrected chi connectivity index (χ2v) is 8.06. The summed E-state index contributed by atoms with van der Waals surface area (Å²) in [6.07, 6.45) is 4.61. The van der Waals surface area contributed by atoms with Gasteiger partial charge in [0.15, 0.2) is 22.9 Å². The molecule has 11 nitrogen and oxygen atoms in total. The first kappa shape index (κ1) is 22.4. The number of carbonyl (C=O) groups excluding carboxylic acids is 1. The van der Waals surface area contributed by atoms with Crippen molar-refractivity contribution < 1.29 is 14.6 Å². The molecule has 0 spiro atoms. The van der Waals surface area contributed by atoms with Crippen molar-refractivity contribution in [1.82, 2.24) is 34.6 Å². The maximum atomic E-state index is 13.3. The highest BCUT2D eigenvalue weighted by Gasteiger charge is 2.26. The van der Waals surface area contributed by atoms with Crippen molar-refractivity contribution in [2.75, 3.05) is 32.0 Å². The summed E-state index contributed by atoms with van der Waals surface area (Å²) in [6, 6.07) is 8.66. The molecule has 1 aromatic carbocycles. The maximum absolute atomic E-state index is 13.3. The quantitative estimate of drug-likeness (QED) is 0.417. The van der Waals surface area contributed by atoms with Crippen LogP contribution < -0.4 is 5.73 Å². The van der Waals surface area contributed by atoms with Crippen molar-refractivity contribution in [3.63, 3.8) is 0 Å². The largest absolute Gasteiger partial charge is 0.378 e. The lowest BCUT2D eigenvalue weighted by Crippen LogP contribution is -2.41. The van der Waals surface area contributed by atoms with E-state index in [1.165, 1.54) is 13.1 Å². The number of ether oxygens (including phenoxy) is 1. The zero-order chi connectivity index (χ0) is 24.4. The lowest BCUT2D eigenvalue weighted by Gasteiger charge is -2.26. The van der Waals surface area contributed by atoms with Gasteiger partial charge >= 0.3 is 0 Å². The van der Waals surface area contributed by atoms with Gasteiger partial charge in [-0.25, -0.2) is 19.6 Å². The number of fused-ring (bicyclic) bond motifs is 1. The Morgan fingerprint density at radius 3 is 2.66 bits per heavy atom. The molecule has 1 amide bonds. The van der Waals surface area contributed by atoms with Crippen LogP contribution in [-0.2, 0) is 10.3 Å². The van der Waals surface area contributed by atoms with Crippen LogP contribution in [0.25, 0.3) is 16.7 Å². The summed E-state index contributed by atoms with van der Waals surface area (Å²) >= 11 is 0. The molecule has 1 saturated heterocycles. The number of aliphatic hydroxyl groups is 1. The summed E-state index contributed by atoms with van der Waals surface area (Å²) < 4.78 is 6.91. The summed E-state index contributed by atoms with van der Waals surface area (Å²) in [7, 11) is 0. The molecule has 4 aromatic rings. The van der Waals surface area contributed by atoms with E-state index in [2.05, 4.69) is 36.9 Å². The molecule has 11 heteroatoms. The molecular formula is C24H22N8O3. The zero-order valence-corrected chi connectivity index (χ0v) is 18.9. The number of hydrogen-bond donors (Lipinski definition) is 2. The van der Waals surface area contributed by atoms with Crippen molar-refractivity contribution in [3.8, 4) is 17.7 Å². The SMILES string of the molecule is CC(O)(C#Cc1ccc2c(C(=O)N3CCOCC3)nn(-c3ccnc(N)n3)c2c1)c1ncccn1. The van der Waals surface area contributed by atoms with E-state index in [-0.39, 0.29) is 17.7 Å². The maximum Gasteiger partial charge on any atom is 0.275 e. The Kier molecular flexibility index (Phi) is 5.82. The van der Waals surface area contributed by atoms with E-state index in [1.54, 1.807) is 52.3 Å². The lowest BCUT2D eigenvalue weighted by atomic mass is 10.1. The summed E-state index contributed by atoms with van der Waals surface area (Å²) in [5, 5.41) is 16.0. The normalized spacial score (nSPS) is 15.3. The minimum absolute atomic E-state index is 0.0852. The molecule has 0 aliphatic carbocycles. The molecule has 3 N–H and O–H groups in total. The Bertz CT molecular complexity index is 1450. The molecule has 1 aliphatic heterocycles. The fourth-order valence-electron chi connectivity index (χ4n) is 3.72. The summed E-state index contributed by atoms with van der Waals surface area (Å²) in [6.45, 7) is 3.48. The highest BCUT2D eigenvalue weighted by atomic mass is 16.5. The van der Waals surface area contributed by atoms with E-state index >= 15 is 0 Å². The third kappa shape index (κ3) is 4.52. The van der Waals surface area contributed by atoms with E-state index < -0.39 is 5.60 Å². The van der Waals surface area contributed by atoms with Crippen LogP contribution in [0.5, 0.6) is 0 Å². The Balaban J connectivity index is 1.60. The van der Waals surface area contributed by atoms with Crippen LogP contribution in [0, 0.1) is 11.8 Å². The summed E-state index contributed by atoms with van der Waals surface area (Å²) in [5.74, 6) is 6.31. The topological polar surface area (TPSA) is 145 Å². The van der Waals surface area contributed by atoms with Crippen molar-refractivity contribution in [2.45, 2.75) is 12.5 Å². The number of morpholine rings is 1. The molecule has 3 aromatic heterocycles. The fraction of sp³-hybridized carbons (Fsp3) is 0.250. The fourth-order valence-corrected chi connectivity index (χ4v) is 3.72. The van der Waals surface area contributed by atoms with Crippen LogP contribution in [0.4, 0.5) is 5.95 Å². The minimum atomic E-state index is -1.55. The molecule has 5 rings (SSSR count). The Morgan fingerprint density at radius 1 is 1.14 bits per heavy atom. The first-order valence-corrected chi connectivity index (χ1v) is 10.9. The van der Waals surface area contributed by atoms with Crippen LogP contribution in [0.3, 0.4) is 0 Å². The molecule has 1 atom stereocenters. The monoisotopic (exact) mass is 470 g/mol. The van der Waals surface area contributed by atoms with Crippen LogP contribution >= 0.6 is 0 Å². The van der Waals surface area contributed by atoms with Gasteiger partial charge in [0.2, 0.25) is 5.95 Å². The number of hydrogen-bond acceptors (Lipinski definition) is 9. The van der Waals surface area contributed by atoms with Gasteiger partial charge in [0, 0.05) is 48.7 Å². The molecule has 1 fully saturated rings. The number of carbonyl (C=O) groups is 1. The van der Waals surface area contributed by atoms with Crippen LogP contribution in [0.1, 0.15) is 28.8 Å². The predicted molar refractivity (Wildman–Crippen MR) is 126 cm³/mol. The van der Waals surface area contributed by atoms with Gasteiger partial charge in [0.1, 0.15) is 0 Å². The molecule has 4 heterocycles. The zero-order valence-electron chi connectivity index (χ0n) is 18.9. The first-order chi connectivity index (χ1) is 16.9. The summed E-state index contributed by atoms with van der Waals surface area (Å²) in [4.78, 5) is 31.4. The minimum Gasteiger partial charge on any atom is -0.378 e. The standard InChI is InChI=1S/C24H22N8O3/c1-24(34,22-26-8-2-9-27-22)7-5-16-3-4-17-18(15-16)32(19-6-10-28-23(25)29-19)30-20(17)21(33)31-11-13-35-14-12-31/h2-4,6,8-10,15,34H,11-14H2,1H3,(H2,25,28,29). The first-order valence-electron chi connectivity index (χ1n) is 10.9. The Hall–Kier alpha value is -4.40. The third-order valence-electron chi connectivity index (χ3n) is 5.51. The van der Waals surface area contributed by atoms with Gasteiger partial charge in [-0.1, -0.05) is 11.8 Å². The van der Waals surface area contributed by atoms with Crippen molar-refractivity contribution >= 4 is 22.8 Å². The predicted octanol–water partition coefficient (Wildman–Crippen LogP) is 0.919. The molecular weight excluding hydrogens is 448 g/mol. The van der Waals surface area contributed by atoms with Gasteiger partial charge in [0.05, 0.1) is 18.7 Å². The second kappa shape index (κ2) is 9.09. The number of nitrogens with two attached hydrogens (primary N) is 1. The third-order valence-corrected chi connectivity index (χ3v) is 5.51. The van der Waals surface area contributed by atoms with E-state index in [9.17, 15) is 9.90 Å². The van der Waals surface area contributed by atoms with Crippen LogP contribution in [0.2, 0.25) is 0 Å². The van der Waals surface area contributed by atoms with Gasteiger partial charge in [-0.3, -0.25) is 4.79 Å². The number of benzene rings is 1. The number of anilines is 1. The smallest absolute Gasteiger partial charge is 0.275 e. The number of nitrogens with zero attached hydrogens (tertiary/aromatic N) is 7. The van der Waals surface area contributed by atoms with Crippen molar-refractivity contribution in [3.05, 3.63) is 66.0 Å². The lowest BCUT2D eigenvalue weighted by molar-refractivity contribution is 0.0300. The highest BCUT2D eigenvalue weighted by molar-refractivity contribution is 6.05. The van der Waals surface area contributed by atoms with Crippen LogP contribution in [-0.4, -0.2) is 71.9 Å².